The summed E-state index contributed by atoms with van der Waals surface area (Å²) in [6.45, 7) is 0. The van der Waals surface area contributed by atoms with Crippen LogP contribution in [0.15, 0.2) is 57.4 Å². The van der Waals surface area contributed by atoms with Gasteiger partial charge in [-0.05, 0) is 48.5 Å². The Bertz CT molecular complexity index is 925. The molecule has 4 nitrogen and oxygen atoms in total. The molecular weight excluding hydrogens is 415 g/mol. The largest absolute Gasteiger partial charge is 0.451 e. The van der Waals surface area contributed by atoms with Gasteiger partial charge in [0.05, 0.1) is 16.4 Å². The van der Waals surface area contributed by atoms with Crippen molar-refractivity contribution in [3.8, 4) is 11.3 Å². The van der Waals surface area contributed by atoms with E-state index in [2.05, 4.69) is 21.2 Å². The van der Waals surface area contributed by atoms with Crippen molar-refractivity contribution in [1.29, 1.82) is 0 Å². The second-order valence-electron chi connectivity index (χ2n) is 4.97. The molecule has 1 heterocycles. The maximum absolute atomic E-state index is 12.3. The summed E-state index contributed by atoms with van der Waals surface area (Å²) in [5.41, 5.74) is 7.48. The summed E-state index contributed by atoms with van der Waals surface area (Å²) in [6, 6.07) is 13.5. The molecule has 1 amide bonds. The molecule has 1 aromatic heterocycles. The number of hydrogen-bond acceptors (Lipinski definition) is 3. The first-order valence-corrected chi connectivity index (χ1v) is 8.40. The molecule has 0 spiro atoms. The second kappa shape index (κ2) is 6.89. The van der Waals surface area contributed by atoms with Crippen LogP contribution in [0.1, 0.15) is 10.6 Å². The molecule has 24 heavy (non-hydrogen) atoms. The third-order valence-corrected chi connectivity index (χ3v) is 4.33. The molecule has 122 valence electrons. The van der Waals surface area contributed by atoms with Crippen molar-refractivity contribution in [2.75, 3.05) is 11.1 Å². The minimum absolute atomic E-state index is 0.151. The van der Waals surface area contributed by atoms with Crippen LogP contribution < -0.4 is 11.1 Å². The number of furan rings is 1. The van der Waals surface area contributed by atoms with Gasteiger partial charge in [0.25, 0.3) is 5.91 Å². The molecule has 0 aliphatic heterocycles. The highest BCUT2D eigenvalue weighted by Crippen LogP contribution is 2.32. The number of carbonyl (C=O) groups excluding carboxylic acids is 1. The number of anilines is 2. The number of halogens is 3. The molecule has 2 aromatic carbocycles. The van der Waals surface area contributed by atoms with Gasteiger partial charge in [-0.15, -0.1) is 0 Å². The normalized spacial score (nSPS) is 10.6. The number of benzene rings is 2. The monoisotopic (exact) mass is 424 g/mol. The number of amides is 1. The highest BCUT2D eigenvalue weighted by Gasteiger charge is 2.15. The summed E-state index contributed by atoms with van der Waals surface area (Å²) in [7, 11) is 0. The minimum Gasteiger partial charge on any atom is -0.451 e. The van der Waals surface area contributed by atoms with Crippen molar-refractivity contribution in [3.05, 3.63) is 68.8 Å². The zero-order valence-corrected chi connectivity index (χ0v) is 15.2. The van der Waals surface area contributed by atoms with Crippen LogP contribution in [0, 0.1) is 0 Å². The predicted molar refractivity (Wildman–Crippen MR) is 101 cm³/mol. The average molecular weight is 426 g/mol. The Hall–Kier alpha value is -1.95. The van der Waals surface area contributed by atoms with Gasteiger partial charge in [-0.2, -0.15) is 0 Å². The van der Waals surface area contributed by atoms with Gasteiger partial charge in [-0.3, -0.25) is 4.79 Å². The first kappa shape index (κ1) is 16.9. The second-order valence-corrected chi connectivity index (χ2v) is 6.73. The Morgan fingerprint density at radius 1 is 1.08 bits per heavy atom. The van der Waals surface area contributed by atoms with E-state index in [4.69, 9.17) is 33.4 Å². The van der Waals surface area contributed by atoms with Gasteiger partial charge in [-0.1, -0.05) is 39.1 Å². The van der Waals surface area contributed by atoms with E-state index in [1.165, 1.54) is 0 Å². The first-order valence-electron chi connectivity index (χ1n) is 6.85. The van der Waals surface area contributed by atoms with Gasteiger partial charge in [-0.25, -0.2) is 0 Å². The molecule has 3 rings (SSSR count). The highest BCUT2D eigenvalue weighted by atomic mass is 79.9. The Kier molecular flexibility index (Phi) is 4.85. The molecule has 3 N–H and O–H groups in total. The van der Waals surface area contributed by atoms with E-state index in [1.54, 1.807) is 48.5 Å². The topological polar surface area (TPSA) is 68.3 Å². The van der Waals surface area contributed by atoms with Gasteiger partial charge in [0.2, 0.25) is 0 Å². The summed E-state index contributed by atoms with van der Waals surface area (Å²) >= 11 is 15.3. The minimum atomic E-state index is -0.402. The van der Waals surface area contributed by atoms with Gasteiger partial charge in [0.15, 0.2) is 5.76 Å². The fraction of sp³-hybridized carbons (Fsp3) is 0. The van der Waals surface area contributed by atoms with Gasteiger partial charge in [0, 0.05) is 15.1 Å². The van der Waals surface area contributed by atoms with Crippen LogP contribution in [0.2, 0.25) is 10.0 Å². The molecule has 0 saturated carbocycles. The maximum atomic E-state index is 12.3. The van der Waals surface area contributed by atoms with Crippen LogP contribution in [0.3, 0.4) is 0 Å². The van der Waals surface area contributed by atoms with Crippen LogP contribution in [-0.4, -0.2) is 5.91 Å². The van der Waals surface area contributed by atoms with E-state index < -0.39 is 5.91 Å². The lowest BCUT2D eigenvalue weighted by molar-refractivity contribution is 0.0997. The number of nitrogens with two attached hydrogens (primary N) is 1. The Morgan fingerprint density at radius 3 is 2.58 bits per heavy atom. The molecule has 0 aliphatic rings. The third-order valence-electron chi connectivity index (χ3n) is 3.29. The highest BCUT2D eigenvalue weighted by molar-refractivity contribution is 9.10. The lowest BCUT2D eigenvalue weighted by atomic mass is 10.2. The molecule has 0 aliphatic carbocycles. The fourth-order valence-corrected chi connectivity index (χ4v) is 3.01. The van der Waals surface area contributed by atoms with Crippen LogP contribution in [-0.2, 0) is 0 Å². The maximum Gasteiger partial charge on any atom is 0.291 e. The summed E-state index contributed by atoms with van der Waals surface area (Å²) in [5.74, 6) is 0.226. The molecule has 7 heteroatoms. The van der Waals surface area contributed by atoms with E-state index in [1.807, 2.05) is 0 Å². The molecule has 0 fully saturated rings. The molecular formula is C17H11BrCl2N2O2. The van der Waals surface area contributed by atoms with Crippen LogP contribution in [0.4, 0.5) is 11.4 Å². The quantitative estimate of drug-likeness (QED) is 0.517. The zero-order chi connectivity index (χ0) is 17.3. The van der Waals surface area contributed by atoms with Gasteiger partial charge in [0.1, 0.15) is 5.76 Å². The van der Waals surface area contributed by atoms with E-state index in [9.17, 15) is 4.79 Å². The van der Waals surface area contributed by atoms with Gasteiger partial charge >= 0.3 is 0 Å². The summed E-state index contributed by atoms with van der Waals surface area (Å²) in [6.07, 6.45) is 0. The SMILES string of the molecule is Nc1cc(Br)ccc1NC(=O)c1ccc(-c2ccc(Cl)cc2Cl)o1. The van der Waals surface area contributed by atoms with Crippen molar-refractivity contribution < 1.29 is 9.21 Å². The molecule has 0 radical (unpaired) electrons. The molecule has 0 bridgehead atoms. The van der Waals surface area contributed by atoms with Crippen LogP contribution in [0.25, 0.3) is 11.3 Å². The Balaban J connectivity index is 1.83. The standard InChI is InChI=1S/C17H11BrCl2N2O2/c18-9-1-4-14(13(21)7-9)22-17(23)16-6-5-15(24-16)11-3-2-10(19)8-12(11)20/h1-8H,21H2,(H,22,23). The van der Waals surface area contributed by atoms with E-state index in [0.717, 1.165) is 4.47 Å². The number of nitrogens with one attached hydrogen (secondary N) is 1. The van der Waals surface area contributed by atoms with E-state index in [0.29, 0.717) is 32.7 Å². The van der Waals surface area contributed by atoms with Crippen LogP contribution >= 0.6 is 39.1 Å². The third kappa shape index (κ3) is 3.59. The number of carbonyl (C=O) groups is 1. The molecule has 3 aromatic rings. The molecule has 0 saturated heterocycles. The number of hydrogen-bond donors (Lipinski definition) is 2. The first-order chi connectivity index (χ1) is 11.4. The number of nitrogen functional groups attached to an aromatic ring is 1. The van der Waals surface area contributed by atoms with Crippen molar-refractivity contribution in [2.24, 2.45) is 0 Å². The zero-order valence-electron chi connectivity index (χ0n) is 12.1. The smallest absolute Gasteiger partial charge is 0.291 e. The summed E-state index contributed by atoms with van der Waals surface area (Å²) in [4.78, 5) is 12.3. The predicted octanol–water partition coefficient (Wildman–Crippen LogP) is 5.85. The van der Waals surface area contributed by atoms with Crippen molar-refractivity contribution in [3.63, 3.8) is 0 Å². The average Bonchev–Trinajstić information content (AvgIpc) is 3.00. The molecule has 0 unspecified atom stereocenters. The number of rotatable bonds is 3. The van der Waals surface area contributed by atoms with Crippen molar-refractivity contribution in [2.45, 2.75) is 0 Å². The summed E-state index contributed by atoms with van der Waals surface area (Å²) < 4.78 is 6.43. The van der Waals surface area contributed by atoms with Crippen molar-refractivity contribution >= 4 is 56.4 Å². The van der Waals surface area contributed by atoms with Gasteiger partial charge < -0.3 is 15.5 Å². The van der Waals surface area contributed by atoms with E-state index in [-0.39, 0.29) is 5.76 Å². The van der Waals surface area contributed by atoms with E-state index >= 15 is 0 Å². The molecule has 0 atom stereocenters. The van der Waals surface area contributed by atoms with Crippen molar-refractivity contribution in [1.82, 2.24) is 0 Å². The fourth-order valence-electron chi connectivity index (χ4n) is 2.13. The lowest BCUT2D eigenvalue weighted by Gasteiger charge is -2.07. The summed E-state index contributed by atoms with van der Waals surface area (Å²) in [5, 5.41) is 3.68. The Morgan fingerprint density at radius 2 is 1.88 bits per heavy atom. The lowest BCUT2D eigenvalue weighted by Crippen LogP contribution is -2.12. The Labute approximate surface area is 156 Å². The van der Waals surface area contributed by atoms with Crippen LogP contribution in [0.5, 0.6) is 0 Å².